The van der Waals surface area contributed by atoms with Crippen LogP contribution in [0.1, 0.15) is 32.6 Å². The minimum Gasteiger partial charge on any atom is -0.345 e. The van der Waals surface area contributed by atoms with E-state index in [0.717, 1.165) is 0 Å². The number of nitrogens with zero attached hydrogens (tertiary/aromatic N) is 3. The summed E-state index contributed by atoms with van der Waals surface area (Å²) in [6.45, 7) is 5.56. The molecular formula is C8H16N6O. The first-order valence-electron chi connectivity index (χ1n) is 4.81. The van der Waals surface area contributed by atoms with Crippen LogP contribution in [0.3, 0.4) is 0 Å². The Labute approximate surface area is 87.8 Å². The molecule has 4 N–H and O–H groups in total. The number of tetrazole rings is 1. The Morgan fingerprint density at radius 3 is 2.60 bits per heavy atom. The monoisotopic (exact) mass is 212 g/mol. The number of hydrogen-bond donors (Lipinski definition) is 3. The number of hydrogen-bond acceptors (Lipinski definition) is 5. The molecule has 1 unspecified atom stereocenters. The van der Waals surface area contributed by atoms with Crippen LogP contribution in [0.25, 0.3) is 0 Å². The summed E-state index contributed by atoms with van der Waals surface area (Å²) < 4.78 is 0. The fourth-order valence-electron chi connectivity index (χ4n) is 1.03. The van der Waals surface area contributed by atoms with Crippen LogP contribution >= 0.6 is 0 Å². The molecule has 0 spiro atoms. The molecule has 15 heavy (non-hydrogen) atoms. The predicted molar refractivity (Wildman–Crippen MR) is 53.5 cm³/mol. The van der Waals surface area contributed by atoms with E-state index in [9.17, 15) is 4.79 Å². The lowest BCUT2D eigenvalue weighted by atomic mass is 10.0. The Morgan fingerprint density at radius 2 is 2.13 bits per heavy atom. The molecule has 1 heterocycles. The normalized spacial score (nSPS) is 15.0. The summed E-state index contributed by atoms with van der Waals surface area (Å²) in [6.07, 6.45) is 0. The third-order valence-electron chi connectivity index (χ3n) is 2.13. The van der Waals surface area contributed by atoms with Crippen molar-refractivity contribution >= 4 is 5.91 Å². The summed E-state index contributed by atoms with van der Waals surface area (Å²) in [5.41, 5.74) is 5.69. The first-order valence-corrected chi connectivity index (χ1v) is 4.81. The second-order valence-corrected chi connectivity index (χ2v) is 3.77. The maximum atomic E-state index is 11.6. The SMILES string of the molecule is CC(NC(=O)[C@H](N)C(C)C)c1nn[nH]n1. The van der Waals surface area contributed by atoms with Crippen molar-refractivity contribution in [3.63, 3.8) is 0 Å². The summed E-state index contributed by atoms with van der Waals surface area (Å²) >= 11 is 0. The van der Waals surface area contributed by atoms with Crippen LogP contribution in [0, 0.1) is 5.92 Å². The molecule has 0 fully saturated rings. The summed E-state index contributed by atoms with van der Waals surface area (Å²) in [6, 6.07) is -0.805. The van der Waals surface area contributed by atoms with Crippen molar-refractivity contribution in [1.82, 2.24) is 25.9 Å². The van der Waals surface area contributed by atoms with Gasteiger partial charge in [-0.25, -0.2) is 0 Å². The average Bonchev–Trinajstić information content (AvgIpc) is 2.68. The van der Waals surface area contributed by atoms with Gasteiger partial charge in [0, 0.05) is 0 Å². The molecule has 1 rings (SSSR count). The molecular weight excluding hydrogens is 196 g/mol. The van der Waals surface area contributed by atoms with Gasteiger partial charge in [-0.3, -0.25) is 4.79 Å². The van der Waals surface area contributed by atoms with Gasteiger partial charge in [0.2, 0.25) is 5.91 Å². The number of H-pyrrole nitrogens is 1. The van der Waals surface area contributed by atoms with Crippen molar-refractivity contribution in [1.29, 1.82) is 0 Å². The van der Waals surface area contributed by atoms with Crippen LogP contribution in [0.2, 0.25) is 0 Å². The number of rotatable bonds is 4. The van der Waals surface area contributed by atoms with Crippen LogP contribution in [-0.4, -0.2) is 32.6 Å². The quantitative estimate of drug-likeness (QED) is 0.615. The van der Waals surface area contributed by atoms with Gasteiger partial charge in [-0.1, -0.05) is 19.1 Å². The highest BCUT2D eigenvalue weighted by Crippen LogP contribution is 2.05. The summed E-state index contributed by atoms with van der Waals surface area (Å²) in [5, 5.41) is 16.0. The molecule has 0 aromatic carbocycles. The number of carbonyl (C=O) groups is 1. The standard InChI is InChI=1S/C8H16N6O/c1-4(2)6(9)8(15)10-5(3)7-11-13-14-12-7/h4-6H,9H2,1-3H3,(H,10,15)(H,11,12,13,14)/t5?,6-/m1/s1. The smallest absolute Gasteiger partial charge is 0.237 e. The van der Waals surface area contributed by atoms with Crippen molar-refractivity contribution in [3.8, 4) is 0 Å². The number of nitrogens with two attached hydrogens (primary N) is 1. The lowest BCUT2D eigenvalue weighted by molar-refractivity contribution is -0.123. The Kier molecular flexibility index (Phi) is 3.73. The van der Waals surface area contributed by atoms with Crippen molar-refractivity contribution < 1.29 is 4.79 Å². The average molecular weight is 212 g/mol. The molecule has 1 amide bonds. The molecule has 1 aromatic heterocycles. The van der Waals surface area contributed by atoms with Gasteiger partial charge in [-0.2, -0.15) is 5.21 Å². The molecule has 0 saturated heterocycles. The Hall–Kier alpha value is -1.50. The van der Waals surface area contributed by atoms with Crippen molar-refractivity contribution in [2.45, 2.75) is 32.9 Å². The summed E-state index contributed by atoms with van der Waals surface area (Å²) in [7, 11) is 0. The Balaban J connectivity index is 2.52. The van der Waals surface area contributed by atoms with Crippen molar-refractivity contribution in [2.24, 2.45) is 11.7 Å². The Bertz CT molecular complexity index is 309. The number of aromatic amines is 1. The number of aromatic nitrogens is 4. The largest absolute Gasteiger partial charge is 0.345 e. The molecule has 0 bridgehead atoms. The van der Waals surface area contributed by atoms with Crippen LogP contribution < -0.4 is 11.1 Å². The molecule has 0 aliphatic carbocycles. The van der Waals surface area contributed by atoms with Gasteiger partial charge in [0.05, 0.1) is 12.1 Å². The molecule has 7 nitrogen and oxygen atoms in total. The molecule has 1 aromatic rings. The third-order valence-corrected chi connectivity index (χ3v) is 2.13. The van der Waals surface area contributed by atoms with Gasteiger partial charge in [0.15, 0.2) is 5.82 Å². The minimum atomic E-state index is -0.514. The van der Waals surface area contributed by atoms with E-state index in [1.165, 1.54) is 0 Å². The second-order valence-electron chi connectivity index (χ2n) is 3.77. The van der Waals surface area contributed by atoms with Crippen LogP contribution in [-0.2, 0) is 4.79 Å². The second kappa shape index (κ2) is 4.83. The highest BCUT2D eigenvalue weighted by Gasteiger charge is 2.20. The van der Waals surface area contributed by atoms with Crippen molar-refractivity contribution in [2.75, 3.05) is 0 Å². The van der Waals surface area contributed by atoms with Gasteiger partial charge >= 0.3 is 0 Å². The lowest BCUT2D eigenvalue weighted by Crippen LogP contribution is -2.44. The predicted octanol–water partition coefficient (Wildman–Crippen LogP) is -0.640. The van der Waals surface area contributed by atoms with E-state index in [4.69, 9.17) is 5.73 Å². The number of amides is 1. The van der Waals surface area contributed by atoms with Gasteiger partial charge < -0.3 is 11.1 Å². The highest BCUT2D eigenvalue weighted by atomic mass is 16.2. The summed E-state index contributed by atoms with van der Waals surface area (Å²) in [4.78, 5) is 11.6. The molecule has 7 heteroatoms. The van der Waals surface area contributed by atoms with Crippen LogP contribution in [0.15, 0.2) is 0 Å². The van der Waals surface area contributed by atoms with E-state index >= 15 is 0 Å². The summed E-state index contributed by atoms with van der Waals surface area (Å²) in [5.74, 6) is 0.337. The number of carbonyl (C=O) groups excluding carboxylic acids is 1. The highest BCUT2D eigenvalue weighted by molar-refractivity contribution is 5.82. The van der Waals surface area contributed by atoms with Crippen LogP contribution in [0.5, 0.6) is 0 Å². The molecule has 84 valence electrons. The maximum absolute atomic E-state index is 11.6. The van der Waals surface area contributed by atoms with E-state index in [0.29, 0.717) is 5.82 Å². The van der Waals surface area contributed by atoms with Gasteiger partial charge in [0.1, 0.15) is 0 Å². The first kappa shape index (κ1) is 11.6. The van der Waals surface area contributed by atoms with Crippen molar-refractivity contribution in [3.05, 3.63) is 5.82 Å². The van der Waals surface area contributed by atoms with E-state index in [1.54, 1.807) is 6.92 Å². The molecule has 0 aliphatic heterocycles. The van der Waals surface area contributed by atoms with E-state index in [2.05, 4.69) is 25.9 Å². The zero-order valence-corrected chi connectivity index (χ0v) is 9.06. The number of nitrogens with one attached hydrogen (secondary N) is 2. The van der Waals surface area contributed by atoms with E-state index in [1.807, 2.05) is 13.8 Å². The first-order chi connectivity index (χ1) is 7.02. The molecule has 0 aliphatic rings. The Morgan fingerprint density at radius 1 is 1.47 bits per heavy atom. The molecule has 2 atom stereocenters. The lowest BCUT2D eigenvalue weighted by Gasteiger charge is -2.17. The van der Waals surface area contributed by atoms with E-state index in [-0.39, 0.29) is 17.9 Å². The third kappa shape index (κ3) is 2.98. The zero-order valence-electron chi connectivity index (χ0n) is 9.06. The van der Waals surface area contributed by atoms with E-state index < -0.39 is 6.04 Å². The van der Waals surface area contributed by atoms with Gasteiger partial charge in [0.25, 0.3) is 0 Å². The zero-order chi connectivity index (χ0) is 11.4. The molecule has 0 saturated carbocycles. The topological polar surface area (TPSA) is 110 Å². The maximum Gasteiger partial charge on any atom is 0.237 e. The minimum absolute atomic E-state index is 0.0995. The molecule has 0 radical (unpaired) electrons. The van der Waals surface area contributed by atoms with Crippen LogP contribution in [0.4, 0.5) is 0 Å². The van der Waals surface area contributed by atoms with Gasteiger partial charge in [-0.15, -0.1) is 10.2 Å². The van der Waals surface area contributed by atoms with Gasteiger partial charge in [-0.05, 0) is 12.8 Å². The fourth-order valence-corrected chi connectivity index (χ4v) is 1.03. The fraction of sp³-hybridized carbons (Fsp3) is 0.750.